The van der Waals surface area contributed by atoms with Crippen LogP contribution in [0.25, 0.3) is 0 Å². The first-order chi connectivity index (χ1) is 67.1. The minimum Gasteiger partial charge on any atom is -0.463 e. The molecule has 9 rings (SSSR count). The molecule has 0 saturated heterocycles. The lowest BCUT2D eigenvalue weighted by atomic mass is 9.66. The summed E-state index contributed by atoms with van der Waals surface area (Å²) in [5.74, 6) is -3.50. The standard InChI is InChI=1S/C26H32N2O7.C22H27NO5.C19H34O3.C18H33NO4.C18H33NO3.4CO2/c1-6-18(7-2)35-22-14-17(26(33)34-8-3)13-21(23(22)27(15(4)29)16(5)30)28-24(31)19-11-9-10-12-20(19)25(28)32;1-4-16(5-2)28-17-12-14(22(26)27-6-3)11-15(13-17)23-20(24)18-9-7-8-10-19(18)21(23)25;1-8-15(9-2)22-16-12-14(18(20)21-10-3)11-13(4)17(16)19(5,6)7;1-7-13(8-2)23-15-11-12(17(20)22-9-3)10-14(19-21)16(15)18(4,5)6;1-7-13(8-2)22-15-11-12(17(20)21-9-3)10-14(19)16(15)18(4,5)6;4*2-1-3/h9-12,14,18,21-23H,6-8,13H2,1-5H3;7-10,12,15-17H,4-6,11,13H2,1-3H3;12-13,15-17H,8-11H2,1-7H3;11,13-16,19,21H,7-10H2,1-6H3;11,13-16H,7-10,19H2,1-6H3;;;;/t21-,22+,23+;15-,17+;13-,16+,17+;14?,15-,16-;14-,15+,16+;;;;/m00010..../s1. The molecule has 4 N–H and O–H groups in total. The van der Waals surface area contributed by atoms with Gasteiger partial charge >= 0.3 is 54.5 Å². The zero-order valence-corrected chi connectivity index (χ0v) is 88.5. The molecule has 792 valence electrons. The first kappa shape index (κ1) is 129. The summed E-state index contributed by atoms with van der Waals surface area (Å²) in [5, 5.41) is 9.64. The van der Waals surface area contributed by atoms with Crippen molar-refractivity contribution in [3.8, 4) is 0 Å². The van der Waals surface area contributed by atoms with Crippen LogP contribution in [0, 0.1) is 39.9 Å². The van der Waals surface area contributed by atoms with Crippen LogP contribution < -0.4 is 11.2 Å². The number of rotatable bonds is 34. The van der Waals surface area contributed by atoms with Crippen molar-refractivity contribution in [2.75, 3.05) is 33.0 Å². The quantitative estimate of drug-likeness (QED) is 0.0253. The van der Waals surface area contributed by atoms with Gasteiger partial charge in [0.05, 0.1) is 128 Å². The maximum atomic E-state index is 13.4. The second-order valence-corrected chi connectivity index (χ2v) is 38.1. The van der Waals surface area contributed by atoms with Crippen LogP contribution in [0.15, 0.2) is 107 Å². The van der Waals surface area contributed by atoms with Gasteiger partial charge in [-0.25, -0.2) is 29.5 Å². The first-order valence-corrected chi connectivity index (χ1v) is 49.6. The van der Waals surface area contributed by atoms with Crippen LogP contribution in [-0.4, -0.2) is 234 Å². The molecule has 0 spiro atoms. The number of fused-ring (bicyclic) bond motifs is 2. The van der Waals surface area contributed by atoms with E-state index in [0.717, 1.165) is 73.2 Å². The van der Waals surface area contributed by atoms with E-state index >= 15 is 0 Å². The molecular weight excluding hydrogens is 1840 g/mol. The number of benzene rings is 2. The van der Waals surface area contributed by atoms with Gasteiger partial charge in [0.2, 0.25) is 11.8 Å². The number of carbonyl (C=O) groups is 11. The van der Waals surface area contributed by atoms with E-state index in [0.29, 0.717) is 91.6 Å². The second-order valence-electron chi connectivity index (χ2n) is 38.1. The first-order valence-electron chi connectivity index (χ1n) is 49.6. The number of hydrogen-bond acceptors (Lipinski definition) is 32. The molecule has 0 fully saturated rings. The number of nitrogens with two attached hydrogens (primary N) is 1. The normalized spacial score (nSPS) is 22.0. The molecule has 35 nitrogen and oxygen atoms in total. The summed E-state index contributed by atoms with van der Waals surface area (Å²) in [6.45, 7) is 55.7. The third kappa shape index (κ3) is 38.7. The zero-order valence-electron chi connectivity index (χ0n) is 88.5. The summed E-state index contributed by atoms with van der Waals surface area (Å²) in [7, 11) is 0. The summed E-state index contributed by atoms with van der Waals surface area (Å²) in [6, 6.07) is 10.5. The van der Waals surface area contributed by atoms with Gasteiger partial charge in [0.25, 0.3) is 23.6 Å². The van der Waals surface area contributed by atoms with Crippen molar-refractivity contribution in [1.82, 2.24) is 20.2 Å². The van der Waals surface area contributed by atoms with Crippen LogP contribution in [0.4, 0.5) is 0 Å². The highest BCUT2D eigenvalue weighted by Gasteiger charge is 2.53. The molecule has 0 aromatic heterocycles. The lowest BCUT2D eigenvalue weighted by molar-refractivity contribution is -0.193. The smallest absolute Gasteiger partial charge is 0.373 e. The summed E-state index contributed by atoms with van der Waals surface area (Å²) in [5.41, 5.74) is 12.9. The van der Waals surface area contributed by atoms with Crippen LogP contribution >= 0.6 is 0 Å². The van der Waals surface area contributed by atoms with Gasteiger partial charge in [-0.1, -0.05) is 163 Å². The van der Waals surface area contributed by atoms with Gasteiger partial charge in [-0.2, -0.15) is 38.4 Å². The number of nitrogens with one attached hydrogen (secondary N) is 1. The highest BCUT2D eigenvalue weighted by atomic mass is 16.6. The van der Waals surface area contributed by atoms with Crippen LogP contribution in [0.1, 0.15) is 331 Å². The van der Waals surface area contributed by atoms with Crippen molar-refractivity contribution in [3.63, 3.8) is 0 Å². The predicted octanol–water partition coefficient (Wildman–Crippen LogP) is 15.7. The number of ether oxygens (including phenoxy) is 10. The van der Waals surface area contributed by atoms with E-state index in [1.165, 1.54) is 18.7 Å². The topological polar surface area (TPSA) is 485 Å². The maximum Gasteiger partial charge on any atom is 0.373 e. The minimum atomic E-state index is -1.01. The molecule has 0 bridgehead atoms. The highest BCUT2D eigenvalue weighted by Crippen LogP contribution is 2.46. The van der Waals surface area contributed by atoms with Crippen molar-refractivity contribution >= 4 is 89.9 Å². The Hall–Kier alpha value is -10.9. The lowest BCUT2D eigenvalue weighted by Crippen LogP contribution is -2.63. The second kappa shape index (κ2) is 65.4. The number of hydroxylamine groups is 1. The van der Waals surface area contributed by atoms with Gasteiger partial charge in [-0.05, 0) is 207 Å². The Labute approximate surface area is 838 Å². The molecule has 2 aromatic carbocycles. The molecule has 1 unspecified atom stereocenters. The molecule has 6 amide bonds. The van der Waals surface area contributed by atoms with Crippen molar-refractivity contribution < 1.29 is 144 Å². The number of hydrogen-bond donors (Lipinski definition) is 3. The van der Waals surface area contributed by atoms with E-state index in [4.69, 9.17) is 91.5 Å². The fourth-order valence-corrected chi connectivity index (χ4v) is 19.2. The largest absolute Gasteiger partial charge is 0.463 e. The Morgan fingerprint density at radius 1 is 0.387 bits per heavy atom. The predicted molar refractivity (Wildman–Crippen MR) is 521 cm³/mol. The Morgan fingerprint density at radius 3 is 0.958 bits per heavy atom. The van der Waals surface area contributed by atoms with Crippen LogP contribution in [-0.2, 0) is 119 Å². The monoisotopic (exact) mass is 1990 g/mol. The Morgan fingerprint density at radius 2 is 0.655 bits per heavy atom. The summed E-state index contributed by atoms with van der Waals surface area (Å²) >= 11 is 0. The van der Waals surface area contributed by atoms with Crippen LogP contribution in [0.3, 0.4) is 0 Å². The molecule has 0 radical (unpaired) electrons. The Bertz CT molecular complexity index is 4470. The fourth-order valence-electron chi connectivity index (χ4n) is 19.2. The molecule has 2 heterocycles. The number of imide groups is 3. The van der Waals surface area contributed by atoms with E-state index in [-0.39, 0.29) is 192 Å². The lowest BCUT2D eigenvalue weighted by Gasteiger charge is -2.45. The fraction of sp³-hybridized carbons (Fsp3) is 0.654. The van der Waals surface area contributed by atoms with Gasteiger partial charge in [0, 0.05) is 84.5 Å². The van der Waals surface area contributed by atoms with Crippen molar-refractivity contribution in [2.45, 2.75) is 381 Å². The summed E-state index contributed by atoms with van der Waals surface area (Å²) < 4.78 is 57.2. The molecule has 35 heteroatoms. The molecule has 2 aromatic rings. The van der Waals surface area contributed by atoms with Gasteiger partial charge in [0.15, 0.2) is 0 Å². The molecule has 7 aliphatic rings. The van der Waals surface area contributed by atoms with E-state index in [1.54, 1.807) is 81.5 Å². The number of amides is 6. The molecule has 14 atom stereocenters. The number of esters is 5. The molecule has 5 aliphatic carbocycles. The third-order valence-corrected chi connectivity index (χ3v) is 25.5. The van der Waals surface area contributed by atoms with E-state index in [9.17, 15) is 57.9 Å². The van der Waals surface area contributed by atoms with Crippen molar-refractivity contribution in [1.29, 1.82) is 0 Å². The molecule has 2 aliphatic heterocycles. The minimum absolute atomic E-state index is 0.00643. The molecular formula is C107H159N5O30. The van der Waals surface area contributed by atoms with E-state index < -0.39 is 59.8 Å². The Kier molecular flexibility index (Phi) is 59.5. The molecule has 0 saturated carbocycles. The van der Waals surface area contributed by atoms with Gasteiger partial charge < -0.3 is 58.3 Å². The van der Waals surface area contributed by atoms with Crippen LogP contribution in [0.5, 0.6) is 0 Å². The van der Waals surface area contributed by atoms with Crippen LogP contribution in [0.2, 0.25) is 0 Å². The van der Waals surface area contributed by atoms with Crippen molar-refractivity contribution in [2.24, 2.45) is 45.7 Å². The van der Waals surface area contributed by atoms with Crippen molar-refractivity contribution in [3.05, 3.63) is 129 Å². The summed E-state index contributed by atoms with van der Waals surface area (Å²) in [4.78, 5) is 208. The van der Waals surface area contributed by atoms with E-state index in [2.05, 4.69) is 130 Å². The number of nitrogens with zero attached hydrogens (tertiary/aromatic N) is 3. The third-order valence-electron chi connectivity index (χ3n) is 25.5. The highest BCUT2D eigenvalue weighted by molar-refractivity contribution is 6.22. The SMILES string of the molecule is CCOC(=O)C1=C[C@@H](OC(CC)CC)C[C@@H](N2C(=O)c3ccccc3C2=O)C1.CCOC(=O)C1=C[C@@H](OC(CC)CC)[C@H](C(C)(C)C)C(NO)C1.CCOC(=O)C1=C[C@@H](OC(CC)CC)[C@H](C(C)(C)C)[C@@H](C)C1.CCOC(=O)C1=C[C@@H](OC(CC)CC)[C@H](C(C)(C)C)[C@@H](N)C1.CCOC(=O)C1=C[C@@H](OC(CC)CC)[C@H](N(C(C)=O)C(C)=O)[C@@H](N2C(=O)c3ccccc3C2=O)C1.O=C=O.O=C=O.O=C=O.O=C=O. The zero-order chi connectivity index (χ0) is 108. The summed E-state index contributed by atoms with van der Waals surface area (Å²) in [6.07, 6.45) is 20.3. The Balaban J connectivity index is 0.000000871. The van der Waals surface area contributed by atoms with E-state index in [1.807, 2.05) is 45.9 Å². The average molecular weight is 2000 g/mol. The molecule has 142 heavy (non-hydrogen) atoms. The van der Waals surface area contributed by atoms with Gasteiger partial charge in [-0.15, -0.1) is 0 Å². The maximum absolute atomic E-state index is 13.4. The number of carbonyl (C=O) groups excluding carboxylic acids is 19. The van der Waals surface area contributed by atoms with Gasteiger partial charge in [0.1, 0.15) is 0 Å². The van der Waals surface area contributed by atoms with Gasteiger partial charge in [-0.3, -0.25) is 43.5 Å². The average Bonchev–Trinajstić information content (AvgIpc) is 1.56.